The third-order valence-electron chi connectivity index (χ3n) is 7.62. The highest BCUT2D eigenvalue weighted by atomic mass is 32.2. The number of fused-ring (bicyclic) bond motifs is 1. The highest BCUT2D eigenvalue weighted by molar-refractivity contribution is 7.89. The predicted octanol–water partition coefficient (Wildman–Crippen LogP) is 3.81. The summed E-state index contributed by atoms with van der Waals surface area (Å²) in [6, 6.07) is 16.0. The number of rotatable bonds is 6. The second-order valence-corrected chi connectivity index (χ2v) is 11.6. The zero-order valence-electron chi connectivity index (χ0n) is 18.6. The van der Waals surface area contributed by atoms with Crippen LogP contribution in [0.1, 0.15) is 55.2 Å². The van der Waals surface area contributed by atoms with E-state index in [0.29, 0.717) is 37.4 Å². The smallest absolute Gasteiger partial charge is 0.243 e. The van der Waals surface area contributed by atoms with E-state index in [9.17, 15) is 13.2 Å². The number of hydrogen-bond donors (Lipinski definition) is 1. The van der Waals surface area contributed by atoms with Crippen molar-refractivity contribution in [3.8, 4) is 0 Å². The molecule has 6 heteroatoms. The summed E-state index contributed by atoms with van der Waals surface area (Å²) in [5, 5.41) is 3.17. The molecule has 0 bridgehead atoms. The fraction of sp³-hybridized carbons (Fsp3) is 0.500. The molecule has 0 radical (unpaired) electrons. The molecule has 2 aliphatic carbocycles. The van der Waals surface area contributed by atoms with E-state index in [2.05, 4.69) is 29.6 Å². The second-order valence-electron chi connectivity index (χ2n) is 9.68. The number of carbonyl (C=O) groups excluding carboxylic acids is 1. The van der Waals surface area contributed by atoms with Crippen molar-refractivity contribution in [2.24, 2.45) is 5.92 Å². The minimum absolute atomic E-state index is 0.0676. The molecule has 2 aromatic rings. The van der Waals surface area contributed by atoms with Crippen LogP contribution in [0.3, 0.4) is 0 Å². The van der Waals surface area contributed by atoms with Crippen molar-refractivity contribution >= 4 is 15.9 Å². The van der Waals surface area contributed by atoms with Crippen LogP contribution in [0.25, 0.3) is 0 Å². The van der Waals surface area contributed by atoms with Gasteiger partial charge in [0, 0.05) is 31.0 Å². The van der Waals surface area contributed by atoms with Gasteiger partial charge in [-0.15, -0.1) is 0 Å². The Balaban J connectivity index is 1.17. The number of aryl methyl sites for hydroxylation is 2. The molecule has 0 unspecified atom stereocenters. The van der Waals surface area contributed by atoms with Gasteiger partial charge < -0.3 is 5.32 Å². The van der Waals surface area contributed by atoms with Crippen LogP contribution in [0.2, 0.25) is 0 Å². The average Bonchev–Trinajstić information content (AvgIpc) is 3.64. The van der Waals surface area contributed by atoms with E-state index in [1.165, 1.54) is 23.1 Å². The van der Waals surface area contributed by atoms with Crippen LogP contribution in [0.4, 0.5) is 0 Å². The zero-order chi connectivity index (χ0) is 22.2. The van der Waals surface area contributed by atoms with Gasteiger partial charge in [0.15, 0.2) is 0 Å². The number of nitrogens with zero attached hydrogens (tertiary/aromatic N) is 1. The predicted molar refractivity (Wildman–Crippen MR) is 125 cm³/mol. The van der Waals surface area contributed by atoms with Crippen molar-refractivity contribution in [1.82, 2.24) is 9.62 Å². The lowest BCUT2D eigenvalue weighted by Crippen LogP contribution is -2.44. The highest BCUT2D eigenvalue weighted by Crippen LogP contribution is 2.47. The Labute approximate surface area is 191 Å². The van der Waals surface area contributed by atoms with E-state index in [1.807, 2.05) is 18.2 Å². The van der Waals surface area contributed by atoms with E-state index in [4.69, 9.17) is 0 Å². The lowest BCUT2D eigenvalue weighted by molar-refractivity contribution is -0.126. The maximum Gasteiger partial charge on any atom is 0.243 e. The molecule has 0 aromatic heterocycles. The molecule has 3 aliphatic rings. The van der Waals surface area contributed by atoms with Crippen LogP contribution in [-0.4, -0.2) is 38.3 Å². The number of hydrogen-bond acceptors (Lipinski definition) is 3. The fourth-order valence-corrected chi connectivity index (χ4v) is 6.81. The lowest BCUT2D eigenvalue weighted by atomic mass is 9.92. The Hall–Kier alpha value is -2.18. The molecule has 170 valence electrons. The van der Waals surface area contributed by atoms with Crippen LogP contribution in [0.15, 0.2) is 53.4 Å². The summed E-state index contributed by atoms with van der Waals surface area (Å²) in [5.74, 6) is -0.0467. The molecule has 1 amide bonds. The van der Waals surface area contributed by atoms with Gasteiger partial charge in [-0.2, -0.15) is 4.31 Å². The minimum Gasteiger partial charge on any atom is -0.355 e. The number of sulfonamides is 1. The lowest BCUT2D eigenvalue weighted by Gasteiger charge is -2.31. The molecular formula is C26H32N2O3S. The first-order valence-corrected chi connectivity index (χ1v) is 13.4. The monoisotopic (exact) mass is 452 g/mol. The molecule has 1 heterocycles. The number of carbonyl (C=O) groups is 1. The van der Waals surface area contributed by atoms with Crippen molar-refractivity contribution in [3.63, 3.8) is 0 Å². The van der Waals surface area contributed by atoms with Gasteiger partial charge in [0.2, 0.25) is 15.9 Å². The van der Waals surface area contributed by atoms with Crippen LogP contribution in [-0.2, 0) is 33.1 Å². The molecule has 0 atom stereocenters. The third kappa shape index (κ3) is 4.23. The Morgan fingerprint density at radius 3 is 2.34 bits per heavy atom. The molecule has 1 N–H and O–H groups in total. The molecule has 1 saturated carbocycles. The maximum atomic E-state index is 13.2. The van der Waals surface area contributed by atoms with E-state index < -0.39 is 10.0 Å². The summed E-state index contributed by atoms with van der Waals surface area (Å²) < 4.78 is 28.0. The Kier molecular flexibility index (Phi) is 5.84. The number of piperidine rings is 1. The van der Waals surface area contributed by atoms with Crippen molar-refractivity contribution in [1.29, 1.82) is 0 Å². The quantitative estimate of drug-likeness (QED) is 0.725. The van der Waals surface area contributed by atoms with Gasteiger partial charge in [-0.25, -0.2) is 8.42 Å². The normalized spacial score (nSPS) is 21.0. The van der Waals surface area contributed by atoms with Crippen LogP contribution in [0.5, 0.6) is 0 Å². The van der Waals surface area contributed by atoms with Gasteiger partial charge in [-0.1, -0.05) is 36.4 Å². The van der Waals surface area contributed by atoms with Crippen molar-refractivity contribution in [2.75, 3.05) is 19.6 Å². The van der Waals surface area contributed by atoms with Crippen molar-refractivity contribution in [2.45, 2.75) is 61.7 Å². The summed E-state index contributed by atoms with van der Waals surface area (Å²) in [6.07, 6.45) is 7.68. The van der Waals surface area contributed by atoms with Gasteiger partial charge >= 0.3 is 0 Å². The van der Waals surface area contributed by atoms with Gasteiger partial charge in [0.05, 0.1) is 4.90 Å². The third-order valence-corrected chi connectivity index (χ3v) is 9.52. The van der Waals surface area contributed by atoms with Crippen molar-refractivity contribution < 1.29 is 13.2 Å². The molecule has 1 aliphatic heterocycles. The van der Waals surface area contributed by atoms with Gasteiger partial charge in [0.25, 0.3) is 0 Å². The Bertz CT molecular complexity index is 1090. The van der Waals surface area contributed by atoms with Gasteiger partial charge in [-0.3, -0.25) is 4.79 Å². The topological polar surface area (TPSA) is 66.5 Å². The van der Waals surface area contributed by atoms with Gasteiger partial charge in [-0.05, 0) is 80.2 Å². The average molecular weight is 453 g/mol. The molecule has 2 aromatic carbocycles. The van der Waals surface area contributed by atoms with E-state index in [0.717, 1.165) is 32.1 Å². The highest BCUT2D eigenvalue weighted by Gasteiger charge is 2.44. The largest absolute Gasteiger partial charge is 0.355 e. The second kappa shape index (κ2) is 8.64. The van der Waals surface area contributed by atoms with Crippen molar-refractivity contribution in [3.05, 3.63) is 65.2 Å². The summed E-state index contributed by atoms with van der Waals surface area (Å²) in [5.41, 5.74) is 3.85. The molecular weight excluding hydrogens is 420 g/mol. The maximum absolute atomic E-state index is 13.2. The summed E-state index contributed by atoms with van der Waals surface area (Å²) in [7, 11) is -3.50. The number of benzene rings is 2. The molecule has 5 rings (SSSR count). The molecule has 1 saturated heterocycles. The summed E-state index contributed by atoms with van der Waals surface area (Å²) >= 11 is 0. The first kappa shape index (κ1) is 21.7. The molecule has 32 heavy (non-hydrogen) atoms. The molecule has 0 spiro atoms. The fourth-order valence-electron chi connectivity index (χ4n) is 5.29. The van der Waals surface area contributed by atoms with Crippen LogP contribution < -0.4 is 5.32 Å². The van der Waals surface area contributed by atoms with E-state index in [-0.39, 0.29) is 17.2 Å². The Morgan fingerprint density at radius 1 is 0.969 bits per heavy atom. The molecule has 5 nitrogen and oxygen atoms in total. The SMILES string of the molecule is O=C(NCC1(c2ccccc2)CC1)C1CCN(S(=O)(=O)c2ccc3c(c2)CCCC3)CC1. The number of nitrogens with one attached hydrogen (secondary N) is 1. The van der Waals surface area contributed by atoms with Crippen LogP contribution in [0, 0.1) is 5.92 Å². The first-order valence-electron chi connectivity index (χ1n) is 11.9. The first-order chi connectivity index (χ1) is 15.5. The van der Waals surface area contributed by atoms with Gasteiger partial charge in [0.1, 0.15) is 0 Å². The summed E-state index contributed by atoms with van der Waals surface area (Å²) in [6.45, 7) is 1.48. The summed E-state index contributed by atoms with van der Waals surface area (Å²) in [4.78, 5) is 13.2. The van der Waals surface area contributed by atoms with Crippen LogP contribution >= 0.6 is 0 Å². The van der Waals surface area contributed by atoms with E-state index >= 15 is 0 Å². The Morgan fingerprint density at radius 2 is 1.66 bits per heavy atom. The minimum atomic E-state index is -3.50. The standard InChI is InChI=1S/C26H32N2O3S/c29-25(27-19-26(14-15-26)23-8-2-1-3-9-23)21-12-16-28(17-13-21)32(30,31)24-11-10-20-6-4-5-7-22(20)18-24/h1-3,8-11,18,21H,4-7,12-17,19H2,(H,27,29). The number of amides is 1. The zero-order valence-corrected chi connectivity index (χ0v) is 19.4. The van der Waals surface area contributed by atoms with E-state index in [1.54, 1.807) is 10.4 Å². The molecule has 2 fully saturated rings.